The molecule has 2 N–H and O–H groups in total. The van der Waals surface area contributed by atoms with Crippen molar-refractivity contribution in [3.8, 4) is 17.2 Å². The predicted octanol–water partition coefficient (Wildman–Crippen LogP) is 8.68. The quantitative estimate of drug-likeness (QED) is 0.256. The van der Waals surface area contributed by atoms with Gasteiger partial charge in [-0.25, -0.2) is 0 Å². The minimum absolute atomic E-state index is 0.0178. The number of phenolic OH excluding ortho intramolecular Hbond substituents is 2. The number of aromatic hydroxyl groups is 2. The average molecular weight is 536 g/mol. The van der Waals surface area contributed by atoms with E-state index < -0.39 is 0 Å². The second kappa shape index (κ2) is 10.3. The van der Waals surface area contributed by atoms with Crippen LogP contribution in [0.3, 0.4) is 0 Å². The van der Waals surface area contributed by atoms with Gasteiger partial charge in [0.2, 0.25) is 0 Å². The molecule has 6 heteroatoms. The summed E-state index contributed by atoms with van der Waals surface area (Å²) in [6.07, 6.45) is 0. The molecule has 0 unspecified atom stereocenters. The van der Waals surface area contributed by atoms with E-state index in [1.165, 1.54) is 10.4 Å². The minimum Gasteiger partial charge on any atom is -0.507 e. The highest BCUT2D eigenvalue weighted by atomic mass is 35.5. The average Bonchev–Trinajstić information content (AvgIpc) is 3.17. The molecule has 0 aliphatic carbocycles. The summed E-state index contributed by atoms with van der Waals surface area (Å²) in [4.78, 5) is 1.47. The standard InChI is InChI=1S/C17H18ClN3O.C15H24O/c1-10-7-12(17(2,3)4)16(22)15(8-10)21-19-13-6-5-11(18)9-14(13)20-21;1-10-8-11(14(2,3)4)13(16)12(9-10)15(5,6)7/h5-9,22H,1-4H3;8-9,16H,1-7H3. The van der Waals surface area contributed by atoms with E-state index in [-0.39, 0.29) is 22.0 Å². The Morgan fingerprint density at radius 1 is 0.605 bits per heavy atom. The lowest BCUT2D eigenvalue weighted by atomic mass is 9.78. The Balaban J connectivity index is 0.000000223. The van der Waals surface area contributed by atoms with Gasteiger partial charge in [0.1, 0.15) is 28.2 Å². The first-order chi connectivity index (χ1) is 17.3. The second-order valence-corrected chi connectivity index (χ2v) is 13.7. The van der Waals surface area contributed by atoms with Crippen LogP contribution in [0.15, 0.2) is 42.5 Å². The zero-order valence-corrected chi connectivity index (χ0v) is 25.4. The normalized spacial score (nSPS) is 12.4. The predicted molar refractivity (Wildman–Crippen MR) is 159 cm³/mol. The first kappa shape index (κ1) is 29.5. The fourth-order valence-electron chi connectivity index (χ4n) is 4.40. The molecular weight excluding hydrogens is 494 g/mol. The van der Waals surface area contributed by atoms with Crippen molar-refractivity contribution in [2.75, 3.05) is 0 Å². The molecule has 0 spiro atoms. The van der Waals surface area contributed by atoms with Crippen LogP contribution in [0.1, 0.15) is 90.1 Å². The van der Waals surface area contributed by atoms with E-state index in [0.717, 1.165) is 27.8 Å². The molecule has 0 saturated carbocycles. The molecule has 4 aromatic rings. The highest BCUT2D eigenvalue weighted by molar-refractivity contribution is 6.31. The summed E-state index contributed by atoms with van der Waals surface area (Å²) in [5.74, 6) is 0.676. The molecular formula is C32H42ClN3O2. The van der Waals surface area contributed by atoms with Crippen molar-refractivity contribution in [1.29, 1.82) is 0 Å². The molecule has 1 heterocycles. The topological polar surface area (TPSA) is 71.2 Å². The van der Waals surface area contributed by atoms with Crippen LogP contribution in [-0.4, -0.2) is 25.2 Å². The number of phenols is 2. The molecule has 1 aromatic heterocycles. The van der Waals surface area contributed by atoms with Gasteiger partial charge in [-0.3, -0.25) is 0 Å². The number of fused-ring (bicyclic) bond motifs is 1. The van der Waals surface area contributed by atoms with Gasteiger partial charge in [-0.1, -0.05) is 97.7 Å². The maximum absolute atomic E-state index is 10.7. The summed E-state index contributed by atoms with van der Waals surface area (Å²) in [5, 5.41) is 30.5. The van der Waals surface area contributed by atoms with E-state index >= 15 is 0 Å². The van der Waals surface area contributed by atoms with Crippen LogP contribution in [0.2, 0.25) is 5.02 Å². The Hall–Kier alpha value is -3.05. The maximum Gasteiger partial charge on any atom is 0.146 e. The molecule has 0 aliphatic heterocycles. The third-order valence-electron chi connectivity index (χ3n) is 6.47. The molecule has 4 rings (SSSR count). The molecule has 0 saturated heterocycles. The second-order valence-electron chi connectivity index (χ2n) is 13.3. The van der Waals surface area contributed by atoms with Crippen LogP contribution in [0.4, 0.5) is 0 Å². The zero-order chi connectivity index (χ0) is 28.8. The van der Waals surface area contributed by atoms with E-state index in [1.807, 2.05) is 25.1 Å². The number of nitrogens with zero attached hydrogens (tertiary/aromatic N) is 3. The van der Waals surface area contributed by atoms with E-state index in [9.17, 15) is 10.2 Å². The number of benzene rings is 3. The maximum atomic E-state index is 10.7. The van der Waals surface area contributed by atoms with Gasteiger partial charge >= 0.3 is 0 Å². The molecule has 0 amide bonds. The number of aryl methyl sites for hydroxylation is 2. The molecule has 204 valence electrons. The van der Waals surface area contributed by atoms with E-state index in [2.05, 4.69) is 91.6 Å². The highest BCUT2D eigenvalue weighted by Gasteiger charge is 2.26. The lowest BCUT2D eigenvalue weighted by molar-refractivity contribution is 0.423. The van der Waals surface area contributed by atoms with Gasteiger partial charge in [-0.05, 0) is 71.0 Å². The number of halogens is 1. The minimum atomic E-state index is -0.166. The molecule has 3 aromatic carbocycles. The lowest BCUT2D eigenvalue weighted by Crippen LogP contribution is -2.17. The highest BCUT2D eigenvalue weighted by Crippen LogP contribution is 2.39. The van der Waals surface area contributed by atoms with Crippen LogP contribution < -0.4 is 0 Å². The van der Waals surface area contributed by atoms with E-state index in [4.69, 9.17) is 11.6 Å². The number of hydrogen-bond donors (Lipinski definition) is 2. The number of rotatable bonds is 1. The lowest BCUT2D eigenvalue weighted by Gasteiger charge is -2.27. The monoisotopic (exact) mass is 535 g/mol. The van der Waals surface area contributed by atoms with Crippen molar-refractivity contribution in [1.82, 2.24) is 15.0 Å². The summed E-state index contributed by atoms with van der Waals surface area (Å²) in [5.41, 5.74) is 7.04. The summed E-state index contributed by atoms with van der Waals surface area (Å²) in [7, 11) is 0. The van der Waals surface area contributed by atoms with Crippen LogP contribution in [-0.2, 0) is 16.2 Å². The van der Waals surface area contributed by atoms with Crippen LogP contribution in [0.5, 0.6) is 11.5 Å². The Labute approximate surface area is 232 Å². The summed E-state index contributed by atoms with van der Waals surface area (Å²) < 4.78 is 0. The first-order valence-corrected chi connectivity index (χ1v) is 13.4. The fourth-order valence-corrected chi connectivity index (χ4v) is 4.57. The Morgan fingerprint density at radius 2 is 1.03 bits per heavy atom. The zero-order valence-electron chi connectivity index (χ0n) is 24.7. The Morgan fingerprint density at radius 3 is 1.50 bits per heavy atom. The third-order valence-corrected chi connectivity index (χ3v) is 6.71. The largest absolute Gasteiger partial charge is 0.507 e. The Bertz CT molecular complexity index is 1430. The third kappa shape index (κ3) is 6.50. The SMILES string of the molecule is Cc1cc(-n2nc3ccc(Cl)cc3n2)c(O)c(C(C)(C)C)c1.Cc1cc(C(C)(C)C)c(O)c(C(C)(C)C)c1. The number of aromatic nitrogens is 3. The van der Waals surface area contributed by atoms with Crippen molar-refractivity contribution < 1.29 is 10.2 Å². The van der Waals surface area contributed by atoms with Crippen LogP contribution >= 0.6 is 11.6 Å². The van der Waals surface area contributed by atoms with E-state index in [1.54, 1.807) is 12.1 Å². The van der Waals surface area contributed by atoms with Crippen LogP contribution in [0.25, 0.3) is 16.7 Å². The molecule has 38 heavy (non-hydrogen) atoms. The van der Waals surface area contributed by atoms with E-state index in [0.29, 0.717) is 22.0 Å². The van der Waals surface area contributed by atoms with Gasteiger partial charge in [-0.2, -0.15) is 0 Å². The molecule has 0 aliphatic rings. The first-order valence-electron chi connectivity index (χ1n) is 13.0. The molecule has 0 radical (unpaired) electrons. The number of hydrogen-bond acceptors (Lipinski definition) is 4. The molecule has 5 nitrogen and oxygen atoms in total. The van der Waals surface area contributed by atoms with Gasteiger partial charge in [0, 0.05) is 10.6 Å². The molecule has 0 atom stereocenters. The fraction of sp³-hybridized carbons (Fsp3) is 0.438. The Kier molecular flexibility index (Phi) is 7.96. The van der Waals surface area contributed by atoms with Crippen molar-refractivity contribution in [2.45, 2.75) is 92.4 Å². The summed E-state index contributed by atoms with van der Waals surface area (Å²) in [6, 6.07) is 13.4. The molecule has 0 bridgehead atoms. The van der Waals surface area contributed by atoms with Gasteiger partial charge in [0.15, 0.2) is 0 Å². The van der Waals surface area contributed by atoms with Gasteiger partial charge < -0.3 is 10.2 Å². The van der Waals surface area contributed by atoms with Crippen molar-refractivity contribution in [3.63, 3.8) is 0 Å². The van der Waals surface area contributed by atoms with Crippen molar-refractivity contribution in [3.05, 3.63) is 75.3 Å². The molecule has 0 fully saturated rings. The van der Waals surface area contributed by atoms with Gasteiger partial charge in [0.05, 0.1) is 0 Å². The van der Waals surface area contributed by atoms with Crippen molar-refractivity contribution >= 4 is 22.6 Å². The van der Waals surface area contributed by atoms with Crippen LogP contribution in [0, 0.1) is 13.8 Å². The van der Waals surface area contributed by atoms with Gasteiger partial charge in [0.25, 0.3) is 0 Å². The smallest absolute Gasteiger partial charge is 0.146 e. The van der Waals surface area contributed by atoms with Gasteiger partial charge in [-0.15, -0.1) is 15.0 Å². The summed E-state index contributed by atoms with van der Waals surface area (Å²) >= 11 is 5.99. The van der Waals surface area contributed by atoms with Crippen molar-refractivity contribution in [2.24, 2.45) is 0 Å². The summed E-state index contributed by atoms with van der Waals surface area (Å²) in [6.45, 7) is 23.1.